The van der Waals surface area contributed by atoms with Gasteiger partial charge in [0.05, 0.1) is 35.3 Å². The van der Waals surface area contributed by atoms with Crippen LogP contribution in [-0.2, 0) is 13.0 Å². The molecule has 4 aromatic heterocycles. The first kappa shape index (κ1) is 26.1. The molecule has 2 amide bonds. The van der Waals surface area contributed by atoms with Crippen LogP contribution in [0, 0.1) is 6.92 Å². The summed E-state index contributed by atoms with van der Waals surface area (Å²) in [6.07, 6.45) is 3.91. The number of benzene rings is 1. The second-order valence-corrected chi connectivity index (χ2v) is 9.81. The number of aromatic nitrogens is 5. The van der Waals surface area contributed by atoms with Crippen LogP contribution in [-0.4, -0.2) is 68.0 Å². The smallest absolute Gasteiger partial charge is 0.276 e. The molecule has 0 aliphatic heterocycles. The second kappa shape index (κ2) is 10.7. The number of likely N-dealkylation sites (N-methyl/N-ethyl adjacent to an activating group) is 1. The molecule has 0 atom stereocenters. The molecule has 10 heteroatoms. The van der Waals surface area contributed by atoms with Crippen LogP contribution in [0.1, 0.15) is 44.9 Å². The van der Waals surface area contributed by atoms with E-state index < -0.39 is 5.91 Å². The van der Waals surface area contributed by atoms with Crippen molar-refractivity contribution in [3.63, 3.8) is 0 Å². The van der Waals surface area contributed by atoms with Crippen molar-refractivity contribution in [3.8, 4) is 0 Å². The lowest BCUT2D eigenvalue weighted by molar-refractivity contribution is 0.0978. The van der Waals surface area contributed by atoms with Crippen molar-refractivity contribution in [1.82, 2.24) is 29.0 Å². The lowest BCUT2D eigenvalue weighted by atomic mass is 10.1. The second-order valence-electron chi connectivity index (χ2n) is 9.81. The Labute approximate surface area is 226 Å². The van der Waals surface area contributed by atoms with Gasteiger partial charge in [-0.15, -0.1) is 0 Å². The molecule has 0 radical (unpaired) electrons. The summed E-state index contributed by atoms with van der Waals surface area (Å²) in [7, 11) is 3.96. The average Bonchev–Trinajstić information content (AvgIpc) is 3.50. The average molecular weight is 525 g/mol. The predicted molar refractivity (Wildman–Crippen MR) is 151 cm³/mol. The van der Waals surface area contributed by atoms with Crippen molar-refractivity contribution in [1.29, 1.82) is 0 Å². The number of imidazole rings is 1. The molecule has 2 N–H and O–H groups in total. The predicted octanol–water partition coefficient (Wildman–Crippen LogP) is 3.31. The molecular weight excluding hydrogens is 492 g/mol. The Balaban J connectivity index is 1.61. The molecule has 4 heterocycles. The number of rotatable bonds is 9. The summed E-state index contributed by atoms with van der Waals surface area (Å²) in [5, 5.41) is 5.88. The Morgan fingerprint density at radius 2 is 1.85 bits per heavy atom. The van der Waals surface area contributed by atoms with E-state index in [1.165, 1.54) is 0 Å². The fraction of sp³-hybridized carbons (Fsp3) is 0.276. The molecule has 0 saturated carbocycles. The number of nitrogens with two attached hydrogens (primary N) is 1. The van der Waals surface area contributed by atoms with Crippen molar-refractivity contribution >= 4 is 34.1 Å². The number of carbonyl (C=O) groups excluding carboxylic acids is 2. The summed E-state index contributed by atoms with van der Waals surface area (Å²) >= 11 is 0. The van der Waals surface area contributed by atoms with Crippen molar-refractivity contribution in [2.75, 3.05) is 32.1 Å². The van der Waals surface area contributed by atoms with Crippen LogP contribution in [0.4, 0.5) is 5.69 Å². The van der Waals surface area contributed by atoms with Gasteiger partial charge in [0.15, 0.2) is 0 Å². The number of fused-ring (bicyclic) bond motifs is 2. The zero-order valence-electron chi connectivity index (χ0n) is 22.6. The Morgan fingerprint density at radius 1 is 1.05 bits per heavy atom. The lowest BCUT2D eigenvalue weighted by Crippen LogP contribution is -2.37. The summed E-state index contributed by atoms with van der Waals surface area (Å²) in [5.41, 5.74) is 11.2. The first-order chi connectivity index (χ1) is 18.8. The molecule has 0 spiro atoms. The number of nitrogens with zero attached hydrogens (tertiary/aromatic N) is 7. The highest BCUT2D eigenvalue weighted by Crippen LogP contribution is 2.32. The number of primary amides is 1. The zero-order chi connectivity index (χ0) is 27.7. The van der Waals surface area contributed by atoms with E-state index in [9.17, 15) is 9.59 Å². The molecule has 0 unspecified atom stereocenters. The van der Waals surface area contributed by atoms with Gasteiger partial charge >= 0.3 is 0 Å². The summed E-state index contributed by atoms with van der Waals surface area (Å²) in [6, 6.07) is 15.1. The lowest BCUT2D eigenvalue weighted by Gasteiger charge is -2.25. The number of aryl methyl sites for hydroxylation is 2. The number of carbonyl (C=O) groups is 2. The van der Waals surface area contributed by atoms with Crippen LogP contribution < -0.4 is 10.6 Å². The van der Waals surface area contributed by atoms with E-state index in [2.05, 4.69) is 16.9 Å². The Kier molecular flexibility index (Phi) is 7.12. The maximum absolute atomic E-state index is 14.1. The third kappa shape index (κ3) is 5.10. The third-order valence-electron chi connectivity index (χ3n) is 6.74. The highest BCUT2D eigenvalue weighted by atomic mass is 16.2. The SMILES string of the molecule is CCc1nn(Cc2cccc(C)n2)c2cccc(N(CCN(C)C)C(=O)c3cnc4cc(C(N)=O)ccn34)c12. The van der Waals surface area contributed by atoms with Crippen LogP contribution in [0.15, 0.2) is 60.9 Å². The maximum Gasteiger partial charge on any atom is 0.276 e. The Bertz CT molecular complexity index is 1680. The normalized spacial score (nSPS) is 11.5. The van der Waals surface area contributed by atoms with Gasteiger partial charge in [0.2, 0.25) is 5.91 Å². The molecule has 1 aromatic carbocycles. The van der Waals surface area contributed by atoms with Crippen LogP contribution >= 0.6 is 0 Å². The van der Waals surface area contributed by atoms with Crippen molar-refractivity contribution in [3.05, 3.63) is 89.3 Å². The summed E-state index contributed by atoms with van der Waals surface area (Å²) in [6.45, 7) is 5.70. The van der Waals surface area contributed by atoms with E-state index in [0.717, 1.165) is 33.7 Å². The van der Waals surface area contributed by atoms with Crippen LogP contribution in [0.3, 0.4) is 0 Å². The van der Waals surface area contributed by atoms with Gasteiger partial charge in [-0.1, -0.05) is 19.1 Å². The maximum atomic E-state index is 14.1. The highest BCUT2D eigenvalue weighted by Gasteiger charge is 2.25. The first-order valence-corrected chi connectivity index (χ1v) is 12.9. The molecule has 0 fully saturated rings. The Morgan fingerprint density at radius 3 is 2.56 bits per heavy atom. The summed E-state index contributed by atoms with van der Waals surface area (Å²) in [4.78, 5) is 38.7. The van der Waals surface area contributed by atoms with Crippen LogP contribution in [0.5, 0.6) is 0 Å². The summed E-state index contributed by atoms with van der Waals surface area (Å²) < 4.78 is 3.65. The topological polar surface area (TPSA) is 115 Å². The zero-order valence-corrected chi connectivity index (χ0v) is 22.6. The number of hydrogen-bond donors (Lipinski definition) is 1. The van der Waals surface area contributed by atoms with Gasteiger partial charge in [-0.05, 0) is 63.8 Å². The van der Waals surface area contributed by atoms with E-state index in [1.54, 1.807) is 33.8 Å². The van der Waals surface area contributed by atoms with Gasteiger partial charge in [0.1, 0.15) is 11.3 Å². The number of amides is 2. The Hall–Kier alpha value is -4.57. The van der Waals surface area contributed by atoms with Crippen LogP contribution in [0.2, 0.25) is 0 Å². The van der Waals surface area contributed by atoms with Gasteiger partial charge in [-0.2, -0.15) is 5.10 Å². The molecule has 0 bridgehead atoms. The quantitative estimate of drug-likeness (QED) is 0.316. The minimum Gasteiger partial charge on any atom is -0.366 e. The molecular formula is C29H32N8O2. The monoisotopic (exact) mass is 524 g/mol. The molecule has 0 aliphatic rings. The van der Waals surface area contributed by atoms with E-state index in [1.807, 2.05) is 67.0 Å². The minimum absolute atomic E-state index is 0.196. The number of hydrogen-bond acceptors (Lipinski definition) is 6. The molecule has 200 valence electrons. The van der Waals surface area contributed by atoms with Crippen molar-refractivity contribution < 1.29 is 9.59 Å². The van der Waals surface area contributed by atoms with E-state index in [0.29, 0.717) is 43.0 Å². The van der Waals surface area contributed by atoms with Gasteiger partial charge in [0.25, 0.3) is 5.91 Å². The number of pyridine rings is 2. The van der Waals surface area contributed by atoms with Gasteiger partial charge in [0, 0.05) is 35.9 Å². The van der Waals surface area contributed by atoms with Crippen molar-refractivity contribution in [2.24, 2.45) is 5.73 Å². The largest absolute Gasteiger partial charge is 0.366 e. The van der Waals surface area contributed by atoms with Crippen LogP contribution in [0.25, 0.3) is 16.6 Å². The molecule has 5 aromatic rings. The molecule has 10 nitrogen and oxygen atoms in total. The van der Waals surface area contributed by atoms with E-state index >= 15 is 0 Å². The fourth-order valence-corrected chi connectivity index (χ4v) is 4.78. The summed E-state index contributed by atoms with van der Waals surface area (Å²) in [5.74, 6) is -0.739. The van der Waals surface area contributed by atoms with Crippen molar-refractivity contribution in [2.45, 2.75) is 26.8 Å². The molecule has 39 heavy (non-hydrogen) atoms. The van der Waals surface area contributed by atoms with E-state index in [4.69, 9.17) is 10.8 Å². The van der Waals surface area contributed by atoms with Gasteiger partial charge < -0.3 is 15.5 Å². The van der Waals surface area contributed by atoms with E-state index in [-0.39, 0.29) is 5.91 Å². The number of anilines is 1. The third-order valence-corrected chi connectivity index (χ3v) is 6.74. The minimum atomic E-state index is -0.544. The standard InChI is InChI=1S/C29H32N8O2/c1-5-22-27-23(10-7-11-24(27)37(33-22)18-21-9-6-8-19(2)32-21)36(15-14-34(3)4)29(39)25-17-31-26-16-20(28(30)38)12-13-35(25)26/h6-13,16-17H,5,14-15,18H2,1-4H3,(H2,30,38). The van der Waals surface area contributed by atoms with Gasteiger partial charge in [-0.3, -0.25) is 23.7 Å². The molecule has 5 rings (SSSR count). The first-order valence-electron chi connectivity index (χ1n) is 12.9. The van der Waals surface area contributed by atoms with Gasteiger partial charge in [-0.25, -0.2) is 4.98 Å². The highest BCUT2D eigenvalue weighted by molar-refractivity contribution is 6.10. The fourth-order valence-electron chi connectivity index (χ4n) is 4.78. The molecule has 0 aliphatic carbocycles. The molecule has 0 saturated heterocycles.